The van der Waals surface area contributed by atoms with Crippen LogP contribution in [0, 0.1) is 12.7 Å². The number of amides is 1. The third-order valence-electron chi connectivity index (χ3n) is 7.98. The molecular formula is C34H45FN4O6S. The van der Waals surface area contributed by atoms with E-state index in [1.165, 1.54) is 25.3 Å². The highest BCUT2D eigenvalue weighted by molar-refractivity contribution is 7.87. The largest absolute Gasteiger partial charge is 0.496 e. The summed E-state index contributed by atoms with van der Waals surface area (Å²) in [6.45, 7) is 7.82. The van der Waals surface area contributed by atoms with Gasteiger partial charge in [-0.1, -0.05) is 12.1 Å². The van der Waals surface area contributed by atoms with Crippen molar-refractivity contribution in [1.29, 1.82) is 0 Å². The molecule has 1 amide bonds. The highest BCUT2D eigenvalue weighted by Gasteiger charge is 2.39. The Morgan fingerprint density at radius 1 is 0.957 bits per heavy atom. The molecule has 10 nitrogen and oxygen atoms in total. The van der Waals surface area contributed by atoms with Gasteiger partial charge in [0, 0.05) is 43.4 Å². The number of methoxy groups -OCH3 is 1. The Kier molecular flexibility index (Phi) is 10.9. The van der Waals surface area contributed by atoms with E-state index in [9.17, 15) is 17.6 Å². The Hall–Kier alpha value is -3.87. The van der Waals surface area contributed by atoms with Crippen LogP contribution in [0.5, 0.6) is 17.2 Å². The molecule has 4 rings (SSSR count). The summed E-state index contributed by atoms with van der Waals surface area (Å²) in [6.07, 6.45) is 0.432. The van der Waals surface area contributed by atoms with E-state index in [0.29, 0.717) is 46.8 Å². The van der Waals surface area contributed by atoms with Crippen LogP contribution in [-0.4, -0.2) is 90.4 Å². The van der Waals surface area contributed by atoms with Gasteiger partial charge >= 0.3 is 10.1 Å². The van der Waals surface area contributed by atoms with Gasteiger partial charge in [-0.2, -0.15) is 8.42 Å². The maximum atomic E-state index is 14.1. The molecule has 0 radical (unpaired) electrons. The number of nitrogens with zero attached hydrogens (tertiary/aromatic N) is 3. The standard InChI is InChI=1S/C34H45FN4O6S/c1-23-10-11-24(35)20-30(23)44-22-28-26(14-15-29-32(28)39(7)33(40)34(2,3)36-29)27-13-12-25(21-31(27)43-8)45-46(41,42)19-9-16-38(6)18-17-37(4)5/h10-15,20-21,36H,9,16-19,22H2,1-8H3. The van der Waals surface area contributed by atoms with E-state index in [2.05, 4.69) is 15.1 Å². The van der Waals surface area contributed by atoms with Gasteiger partial charge in [-0.15, -0.1) is 0 Å². The van der Waals surface area contributed by atoms with Gasteiger partial charge < -0.3 is 33.7 Å². The first-order valence-electron chi connectivity index (χ1n) is 15.2. The van der Waals surface area contributed by atoms with E-state index in [0.717, 1.165) is 24.3 Å². The van der Waals surface area contributed by atoms with Gasteiger partial charge in [-0.3, -0.25) is 4.79 Å². The Morgan fingerprint density at radius 2 is 1.67 bits per heavy atom. The first-order valence-corrected chi connectivity index (χ1v) is 16.7. The summed E-state index contributed by atoms with van der Waals surface area (Å²) in [5, 5.41) is 3.32. The molecule has 0 fully saturated rings. The van der Waals surface area contributed by atoms with Gasteiger partial charge in [-0.05, 0) is 90.3 Å². The maximum absolute atomic E-state index is 14.1. The smallest absolute Gasteiger partial charge is 0.309 e. The number of hydrogen-bond donors (Lipinski definition) is 1. The summed E-state index contributed by atoms with van der Waals surface area (Å²) in [5.74, 6) is 0.200. The quantitative estimate of drug-likeness (QED) is 0.236. The van der Waals surface area contributed by atoms with E-state index >= 15 is 0 Å². The number of ether oxygens (including phenoxy) is 2. The predicted octanol–water partition coefficient (Wildman–Crippen LogP) is 5.15. The fourth-order valence-corrected chi connectivity index (χ4v) is 6.40. The van der Waals surface area contributed by atoms with Crippen LogP contribution in [-0.2, 0) is 21.5 Å². The summed E-state index contributed by atoms with van der Waals surface area (Å²) in [4.78, 5) is 19.1. The molecular weight excluding hydrogens is 611 g/mol. The van der Waals surface area contributed by atoms with Crippen LogP contribution in [0.4, 0.5) is 15.8 Å². The van der Waals surface area contributed by atoms with Crippen molar-refractivity contribution in [3.05, 3.63) is 65.5 Å². The number of aryl methyl sites for hydroxylation is 1. The average molecular weight is 657 g/mol. The maximum Gasteiger partial charge on any atom is 0.309 e. The van der Waals surface area contributed by atoms with Crippen LogP contribution in [0.2, 0.25) is 0 Å². The van der Waals surface area contributed by atoms with Crippen LogP contribution in [0.3, 0.4) is 0 Å². The number of halogens is 1. The monoisotopic (exact) mass is 656 g/mol. The summed E-state index contributed by atoms with van der Waals surface area (Å²) in [6, 6.07) is 13.0. The van der Waals surface area contributed by atoms with Crippen molar-refractivity contribution in [2.75, 3.05) is 70.9 Å². The van der Waals surface area contributed by atoms with Crippen molar-refractivity contribution in [3.8, 4) is 28.4 Å². The van der Waals surface area contributed by atoms with Gasteiger partial charge in [0.2, 0.25) is 0 Å². The zero-order valence-corrected chi connectivity index (χ0v) is 28.8. The molecule has 0 bridgehead atoms. The van der Waals surface area contributed by atoms with Gasteiger partial charge in [0.1, 0.15) is 35.2 Å². The Labute approximate surface area is 272 Å². The summed E-state index contributed by atoms with van der Waals surface area (Å²) >= 11 is 0. The fraction of sp³-hybridized carbons (Fsp3) is 0.441. The molecule has 46 heavy (non-hydrogen) atoms. The number of anilines is 2. The molecule has 3 aromatic rings. The lowest BCUT2D eigenvalue weighted by Gasteiger charge is -2.39. The first-order chi connectivity index (χ1) is 21.6. The van der Waals surface area contributed by atoms with Crippen molar-refractivity contribution in [2.24, 2.45) is 0 Å². The minimum atomic E-state index is -3.85. The molecule has 0 saturated carbocycles. The molecule has 250 valence electrons. The Morgan fingerprint density at radius 3 is 2.37 bits per heavy atom. The molecule has 0 spiro atoms. The second-order valence-electron chi connectivity index (χ2n) is 12.5. The first kappa shape index (κ1) is 35.0. The van der Waals surface area contributed by atoms with Crippen LogP contribution < -0.4 is 23.9 Å². The molecule has 0 saturated heterocycles. The van der Waals surface area contributed by atoms with Crippen molar-refractivity contribution < 1.29 is 31.3 Å². The van der Waals surface area contributed by atoms with Gasteiger partial charge in [-0.25, -0.2) is 4.39 Å². The third kappa shape index (κ3) is 8.28. The molecule has 1 aliphatic heterocycles. The minimum absolute atomic E-state index is 0.0152. The van der Waals surface area contributed by atoms with Crippen molar-refractivity contribution in [1.82, 2.24) is 9.80 Å². The second kappa shape index (κ2) is 14.3. The van der Waals surface area contributed by atoms with Gasteiger partial charge in [0.15, 0.2) is 0 Å². The highest BCUT2D eigenvalue weighted by atomic mass is 32.2. The number of rotatable bonds is 14. The summed E-state index contributed by atoms with van der Waals surface area (Å²) in [5.41, 5.74) is 3.29. The Balaban J connectivity index is 1.65. The van der Waals surface area contributed by atoms with E-state index in [-0.39, 0.29) is 24.0 Å². The lowest BCUT2D eigenvalue weighted by Crippen LogP contribution is -2.52. The van der Waals surface area contributed by atoms with Crippen LogP contribution in [0.25, 0.3) is 11.1 Å². The molecule has 3 aromatic carbocycles. The fourth-order valence-electron chi connectivity index (χ4n) is 5.44. The zero-order valence-electron chi connectivity index (χ0n) is 27.9. The van der Waals surface area contributed by atoms with E-state index in [1.54, 1.807) is 30.1 Å². The third-order valence-corrected chi connectivity index (χ3v) is 9.21. The lowest BCUT2D eigenvalue weighted by atomic mass is 9.91. The zero-order chi connectivity index (χ0) is 33.8. The topological polar surface area (TPSA) is 101 Å². The SMILES string of the molecule is COc1cc(OS(=O)(=O)CCCN(C)CCN(C)C)ccc1-c1ccc2c(c1COc1cc(F)ccc1C)N(C)C(=O)C(C)(C)N2. The predicted molar refractivity (Wildman–Crippen MR) is 180 cm³/mol. The second-order valence-corrected chi connectivity index (χ2v) is 14.2. The number of nitrogens with one attached hydrogen (secondary N) is 1. The normalized spacial score (nSPS) is 14.3. The number of carbonyl (C=O) groups excluding carboxylic acids is 1. The van der Waals surface area contributed by atoms with Crippen LogP contribution >= 0.6 is 0 Å². The summed E-state index contributed by atoms with van der Waals surface area (Å²) < 4.78 is 57.1. The van der Waals surface area contributed by atoms with Crippen molar-refractivity contribution in [2.45, 2.75) is 39.3 Å². The molecule has 1 heterocycles. The van der Waals surface area contributed by atoms with Gasteiger partial charge in [0.05, 0.1) is 24.2 Å². The van der Waals surface area contributed by atoms with Gasteiger partial charge in [0.25, 0.3) is 5.91 Å². The lowest BCUT2D eigenvalue weighted by molar-refractivity contribution is -0.121. The minimum Gasteiger partial charge on any atom is -0.496 e. The van der Waals surface area contributed by atoms with Crippen molar-refractivity contribution >= 4 is 27.4 Å². The molecule has 12 heteroatoms. The van der Waals surface area contributed by atoms with Crippen molar-refractivity contribution in [3.63, 3.8) is 0 Å². The number of likely N-dealkylation sites (N-methyl/N-ethyl adjacent to an activating group) is 3. The molecule has 0 aliphatic carbocycles. The van der Waals surface area contributed by atoms with E-state index < -0.39 is 21.5 Å². The van der Waals surface area contributed by atoms with Crippen LogP contribution in [0.1, 0.15) is 31.4 Å². The number of benzene rings is 3. The molecule has 1 aliphatic rings. The summed E-state index contributed by atoms with van der Waals surface area (Å²) in [7, 11) is 5.31. The molecule has 0 atom stereocenters. The number of hydrogen-bond acceptors (Lipinski definition) is 9. The Bertz CT molecular complexity index is 1680. The molecule has 1 N–H and O–H groups in total. The average Bonchev–Trinajstić information content (AvgIpc) is 2.98. The molecule has 0 unspecified atom stereocenters. The van der Waals surface area contributed by atoms with Crippen LogP contribution in [0.15, 0.2) is 48.5 Å². The highest BCUT2D eigenvalue weighted by Crippen LogP contribution is 2.45. The van der Waals surface area contributed by atoms with E-state index in [1.807, 2.05) is 54.0 Å². The number of fused-ring (bicyclic) bond motifs is 1. The number of carbonyl (C=O) groups is 1. The molecule has 0 aromatic heterocycles. The van der Waals surface area contributed by atoms with E-state index in [4.69, 9.17) is 13.7 Å².